The topological polar surface area (TPSA) is 32.8 Å². The third-order valence-corrected chi connectivity index (χ3v) is 3.74. The van der Waals surface area contributed by atoms with Gasteiger partial charge in [0.2, 0.25) is 0 Å². The van der Waals surface area contributed by atoms with Crippen molar-refractivity contribution < 1.29 is 9.53 Å². The molecule has 4 heteroatoms. The summed E-state index contributed by atoms with van der Waals surface area (Å²) in [5.74, 6) is -0.255. The lowest BCUT2D eigenvalue weighted by Gasteiger charge is -2.36. The van der Waals surface area contributed by atoms with Crippen LogP contribution in [0, 0.1) is 0 Å². The summed E-state index contributed by atoms with van der Waals surface area (Å²) in [6, 6.07) is 20.2. The molecule has 0 N–H and O–H groups in total. The van der Waals surface area contributed by atoms with Crippen molar-refractivity contribution in [1.82, 2.24) is 0 Å². The number of nitrogens with zero attached hydrogens (tertiary/aromatic N) is 2. The average Bonchev–Trinajstić information content (AvgIpc) is 2.63. The maximum atomic E-state index is 12.2. The first-order valence-electron chi connectivity index (χ1n) is 7.77. The fourth-order valence-corrected chi connectivity index (χ4v) is 2.64. The van der Waals surface area contributed by atoms with Crippen molar-refractivity contribution in [3.8, 4) is 0 Å². The van der Waals surface area contributed by atoms with Gasteiger partial charge in [0.1, 0.15) is 0 Å². The number of hydrogen-bond donors (Lipinski definition) is 0. The molecule has 3 rings (SSSR count). The van der Waals surface area contributed by atoms with Gasteiger partial charge in [0, 0.05) is 17.6 Å². The lowest BCUT2D eigenvalue weighted by molar-refractivity contribution is -0.138. The molecule has 0 amide bonds. The molecule has 0 saturated carbocycles. The molecule has 23 heavy (non-hydrogen) atoms. The van der Waals surface area contributed by atoms with Crippen molar-refractivity contribution in [3.63, 3.8) is 0 Å². The Bertz CT molecular complexity index is 683. The summed E-state index contributed by atoms with van der Waals surface area (Å²) in [6.45, 7) is 3.45. The Labute approximate surface area is 136 Å². The van der Waals surface area contributed by atoms with Crippen LogP contribution in [-0.2, 0) is 9.53 Å². The Balaban J connectivity index is 1.92. The molecule has 1 heterocycles. The van der Waals surface area contributed by atoms with Crippen molar-refractivity contribution in [1.29, 1.82) is 0 Å². The van der Waals surface area contributed by atoms with Crippen LogP contribution < -0.4 is 9.80 Å². The number of carbonyl (C=O) groups excluding carboxylic acids is 1. The van der Waals surface area contributed by atoms with Crippen LogP contribution in [0.25, 0.3) is 0 Å². The highest BCUT2D eigenvalue weighted by Crippen LogP contribution is 2.24. The summed E-state index contributed by atoms with van der Waals surface area (Å²) >= 11 is 0. The molecule has 2 aromatic rings. The van der Waals surface area contributed by atoms with Crippen LogP contribution in [0.2, 0.25) is 0 Å². The molecule has 1 aliphatic rings. The maximum absolute atomic E-state index is 12.2. The quantitative estimate of drug-likeness (QED) is 0.810. The number of ether oxygens (including phenoxy) is 1. The predicted molar refractivity (Wildman–Crippen MR) is 92.3 cm³/mol. The van der Waals surface area contributed by atoms with Crippen LogP contribution in [-0.4, -0.2) is 25.8 Å². The second-order valence-electron chi connectivity index (χ2n) is 5.36. The average molecular weight is 308 g/mol. The van der Waals surface area contributed by atoms with Gasteiger partial charge in [-0.1, -0.05) is 36.4 Å². The fraction of sp³-hybridized carbons (Fsp3) is 0.211. The Kier molecular flexibility index (Phi) is 4.62. The summed E-state index contributed by atoms with van der Waals surface area (Å²) in [4.78, 5) is 16.4. The molecule has 0 aromatic heterocycles. The third-order valence-electron chi connectivity index (χ3n) is 3.74. The predicted octanol–water partition coefficient (Wildman–Crippen LogP) is 3.42. The number of hydrogen-bond acceptors (Lipinski definition) is 4. The normalized spacial score (nSPS) is 14.4. The first-order chi connectivity index (χ1) is 11.3. The molecule has 2 aromatic carbocycles. The summed E-state index contributed by atoms with van der Waals surface area (Å²) < 4.78 is 5.19. The van der Waals surface area contributed by atoms with Gasteiger partial charge in [-0.05, 0) is 31.2 Å². The Hall–Kier alpha value is -2.75. The van der Waals surface area contributed by atoms with Crippen molar-refractivity contribution in [2.24, 2.45) is 0 Å². The van der Waals surface area contributed by atoms with E-state index in [9.17, 15) is 4.79 Å². The molecular formula is C19H20N2O2. The van der Waals surface area contributed by atoms with E-state index in [1.54, 1.807) is 0 Å². The van der Waals surface area contributed by atoms with Crippen LogP contribution in [0.4, 0.5) is 11.4 Å². The lowest BCUT2D eigenvalue weighted by Crippen LogP contribution is -2.42. The van der Waals surface area contributed by atoms with E-state index in [0.717, 1.165) is 11.4 Å². The van der Waals surface area contributed by atoms with Crippen molar-refractivity contribution in [2.75, 3.05) is 29.6 Å². The van der Waals surface area contributed by atoms with Gasteiger partial charge < -0.3 is 14.5 Å². The van der Waals surface area contributed by atoms with Gasteiger partial charge in [-0.2, -0.15) is 0 Å². The zero-order chi connectivity index (χ0) is 16.1. The summed E-state index contributed by atoms with van der Waals surface area (Å²) in [7, 11) is 0. The van der Waals surface area contributed by atoms with Crippen LogP contribution in [0.3, 0.4) is 0 Å². The lowest BCUT2D eigenvalue weighted by atomic mass is 10.2. The van der Waals surface area contributed by atoms with E-state index >= 15 is 0 Å². The minimum atomic E-state index is -0.255. The van der Waals surface area contributed by atoms with Gasteiger partial charge in [0.25, 0.3) is 0 Å². The van der Waals surface area contributed by atoms with E-state index < -0.39 is 0 Å². The van der Waals surface area contributed by atoms with Gasteiger partial charge >= 0.3 is 5.97 Å². The molecule has 4 nitrogen and oxygen atoms in total. The first kappa shape index (κ1) is 15.2. The SMILES string of the molecule is CCOC(=O)C1=CN(c2ccccc2)CN(c2ccccc2)C1. The van der Waals surface area contributed by atoms with Crippen LogP contribution >= 0.6 is 0 Å². The molecule has 0 radical (unpaired) electrons. The second-order valence-corrected chi connectivity index (χ2v) is 5.36. The Morgan fingerprint density at radius 2 is 1.61 bits per heavy atom. The molecule has 0 bridgehead atoms. The van der Waals surface area contributed by atoms with Crippen LogP contribution in [0.5, 0.6) is 0 Å². The van der Waals surface area contributed by atoms with E-state index in [1.807, 2.05) is 61.7 Å². The second kappa shape index (κ2) is 7.01. The van der Waals surface area contributed by atoms with Gasteiger partial charge in [-0.25, -0.2) is 4.79 Å². The summed E-state index contributed by atoms with van der Waals surface area (Å²) in [5.41, 5.74) is 2.80. The van der Waals surface area contributed by atoms with Gasteiger partial charge in [-0.3, -0.25) is 0 Å². The Morgan fingerprint density at radius 3 is 2.22 bits per heavy atom. The fourth-order valence-electron chi connectivity index (χ4n) is 2.64. The smallest absolute Gasteiger partial charge is 0.337 e. The first-order valence-corrected chi connectivity index (χ1v) is 7.77. The molecule has 0 saturated heterocycles. The third kappa shape index (κ3) is 3.54. The minimum Gasteiger partial charge on any atom is -0.463 e. The highest BCUT2D eigenvalue weighted by atomic mass is 16.5. The van der Waals surface area contributed by atoms with Gasteiger partial charge in [0.05, 0.1) is 25.4 Å². The number of benzene rings is 2. The van der Waals surface area contributed by atoms with Crippen LogP contribution in [0.1, 0.15) is 6.92 Å². The molecule has 1 aliphatic heterocycles. The van der Waals surface area contributed by atoms with Gasteiger partial charge in [0.15, 0.2) is 0 Å². The highest BCUT2D eigenvalue weighted by Gasteiger charge is 2.24. The molecule has 0 fully saturated rings. The standard InChI is InChI=1S/C19H20N2O2/c1-2-23-19(22)16-13-20(17-9-5-3-6-10-17)15-21(14-16)18-11-7-4-8-12-18/h3-13H,2,14-15H2,1H3. The number of esters is 1. The number of para-hydroxylation sites is 2. The van der Waals surface area contributed by atoms with E-state index in [-0.39, 0.29) is 5.97 Å². The van der Waals surface area contributed by atoms with Gasteiger partial charge in [-0.15, -0.1) is 0 Å². The maximum Gasteiger partial charge on any atom is 0.337 e. The number of anilines is 2. The Morgan fingerprint density at radius 1 is 1.00 bits per heavy atom. The molecule has 0 atom stereocenters. The number of rotatable bonds is 4. The molecule has 118 valence electrons. The van der Waals surface area contributed by atoms with E-state index in [0.29, 0.717) is 25.4 Å². The zero-order valence-electron chi connectivity index (χ0n) is 13.2. The molecule has 0 aliphatic carbocycles. The molecular weight excluding hydrogens is 288 g/mol. The van der Waals surface area contributed by atoms with Crippen molar-refractivity contribution in [2.45, 2.75) is 6.92 Å². The summed E-state index contributed by atoms with van der Waals surface area (Å²) in [6.07, 6.45) is 1.90. The van der Waals surface area contributed by atoms with Crippen LogP contribution in [0.15, 0.2) is 72.4 Å². The van der Waals surface area contributed by atoms with Crippen molar-refractivity contribution in [3.05, 3.63) is 72.4 Å². The largest absolute Gasteiger partial charge is 0.463 e. The van der Waals surface area contributed by atoms with E-state index in [1.165, 1.54) is 0 Å². The molecule has 0 spiro atoms. The zero-order valence-corrected chi connectivity index (χ0v) is 13.2. The van der Waals surface area contributed by atoms with E-state index in [4.69, 9.17) is 4.74 Å². The number of carbonyl (C=O) groups is 1. The van der Waals surface area contributed by atoms with Crippen molar-refractivity contribution >= 4 is 17.3 Å². The summed E-state index contributed by atoms with van der Waals surface area (Å²) in [5, 5.41) is 0. The highest BCUT2D eigenvalue weighted by molar-refractivity contribution is 5.90. The van der Waals surface area contributed by atoms with E-state index in [2.05, 4.69) is 21.9 Å². The molecule has 0 unspecified atom stereocenters. The monoisotopic (exact) mass is 308 g/mol. The minimum absolute atomic E-state index is 0.255.